The first-order valence-corrected chi connectivity index (χ1v) is 13.6. The Morgan fingerprint density at radius 3 is 2.08 bits per heavy atom. The summed E-state index contributed by atoms with van der Waals surface area (Å²) in [7, 11) is 1.58. The highest BCUT2D eigenvalue weighted by Crippen LogP contribution is 2.22. The minimum Gasteiger partial charge on any atom is -0.497 e. The molecule has 6 nitrogen and oxygen atoms in total. The number of primary amides is 1. The van der Waals surface area contributed by atoms with Gasteiger partial charge in [-0.1, -0.05) is 12.1 Å². The topological polar surface area (TPSA) is 81.9 Å². The number of benzene rings is 2. The van der Waals surface area contributed by atoms with E-state index in [1.807, 2.05) is 24.3 Å². The normalized spacial score (nSPS) is 13.4. The molecule has 0 spiro atoms. The summed E-state index contributed by atoms with van der Waals surface area (Å²) in [4.78, 5) is 24.7. The zero-order valence-corrected chi connectivity index (χ0v) is 22.8. The summed E-state index contributed by atoms with van der Waals surface area (Å²) < 4.78 is 46.4. The maximum atomic E-state index is 12.0. The number of hydrogen-bond donors (Lipinski definition) is 1. The maximum Gasteiger partial charge on any atom is 0.389 e. The number of carbonyl (C=O) groups excluding carboxylic acids is 2. The molecule has 1 heterocycles. The number of hydrogen-bond acceptors (Lipinski definition) is 5. The highest BCUT2D eigenvalue weighted by atomic mass is 19.4. The fraction of sp³-hybridized carbons (Fsp3) is 0.533. The number of likely N-dealkylation sites (tertiary alicyclic amines) is 1. The largest absolute Gasteiger partial charge is 0.497 e. The highest BCUT2D eigenvalue weighted by molar-refractivity contribution is 5.96. The van der Waals surface area contributed by atoms with Gasteiger partial charge in [0.1, 0.15) is 11.5 Å². The van der Waals surface area contributed by atoms with Crippen molar-refractivity contribution in [2.45, 2.75) is 70.4 Å². The summed E-state index contributed by atoms with van der Waals surface area (Å²) in [6.07, 6.45) is 2.07. The van der Waals surface area contributed by atoms with Crippen LogP contribution in [0.1, 0.15) is 73.7 Å². The van der Waals surface area contributed by atoms with E-state index in [0.717, 1.165) is 25.1 Å². The zero-order valence-electron chi connectivity index (χ0n) is 22.8. The van der Waals surface area contributed by atoms with Crippen LogP contribution in [0.3, 0.4) is 0 Å². The predicted molar refractivity (Wildman–Crippen MR) is 146 cm³/mol. The zero-order chi connectivity index (χ0) is 28.5. The number of amides is 1. The maximum absolute atomic E-state index is 12.0. The number of halogens is 3. The van der Waals surface area contributed by atoms with Gasteiger partial charge in [-0.3, -0.25) is 9.59 Å². The lowest BCUT2D eigenvalue weighted by Crippen LogP contribution is -2.20. The molecule has 9 heteroatoms. The molecule has 1 fully saturated rings. The minimum absolute atomic E-state index is 0.00108. The highest BCUT2D eigenvalue weighted by Gasteiger charge is 2.26. The SMILES string of the molecule is COc1ccc(C(=O)CCCCC(N)=O)cc1.FC(F)(F)CCCOc1ccc(CCCN2CCCC2)cc1. The quantitative estimate of drug-likeness (QED) is 0.206. The van der Waals surface area contributed by atoms with E-state index in [1.165, 1.54) is 31.5 Å². The first kappa shape index (κ1) is 32.1. The molecule has 1 amide bonds. The summed E-state index contributed by atoms with van der Waals surface area (Å²) in [5, 5.41) is 0. The van der Waals surface area contributed by atoms with Crippen LogP contribution in [0, 0.1) is 0 Å². The molecule has 39 heavy (non-hydrogen) atoms. The molecule has 1 aliphatic heterocycles. The van der Waals surface area contributed by atoms with E-state index in [0.29, 0.717) is 37.0 Å². The number of aryl methyl sites for hydroxylation is 1. The summed E-state index contributed by atoms with van der Waals surface area (Å²) in [6, 6.07) is 14.7. The molecule has 1 saturated heterocycles. The van der Waals surface area contributed by atoms with Crippen molar-refractivity contribution in [3.05, 3.63) is 59.7 Å². The number of ketones is 1. The van der Waals surface area contributed by atoms with Gasteiger partial charge in [-0.2, -0.15) is 13.2 Å². The van der Waals surface area contributed by atoms with Gasteiger partial charge in [-0.25, -0.2) is 0 Å². The molecular formula is C30H41F3N2O4. The lowest BCUT2D eigenvalue weighted by Gasteiger charge is -2.14. The second-order valence-corrected chi connectivity index (χ2v) is 9.69. The smallest absolute Gasteiger partial charge is 0.389 e. The third-order valence-electron chi connectivity index (χ3n) is 6.42. The fourth-order valence-electron chi connectivity index (χ4n) is 4.23. The average Bonchev–Trinajstić information content (AvgIpc) is 3.43. The van der Waals surface area contributed by atoms with E-state index in [9.17, 15) is 22.8 Å². The molecule has 1 aliphatic rings. The van der Waals surface area contributed by atoms with Gasteiger partial charge in [-0.15, -0.1) is 0 Å². The number of unbranched alkanes of at least 4 members (excludes halogenated alkanes) is 1. The van der Waals surface area contributed by atoms with Gasteiger partial charge < -0.3 is 20.1 Å². The Morgan fingerprint density at radius 1 is 0.872 bits per heavy atom. The Morgan fingerprint density at radius 2 is 1.49 bits per heavy atom. The van der Waals surface area contributed by atoms with E-state index >= 15 is 0 Å². The van der Waals surface area contributed by atoms with Crippen LogP contribution in [-0.4, -0.2) is 56.1 Å². The first-order valence-electron chi connectivity index (χ1n) is 13.6. The minimum atomic E-state index is -4.09. The van der Waals surface area contributed by atoms with Gasteiger partial charge in [0.05, 0.1) is 13.7 Å². The van der Waals surface area contributed by atoms with E-state index in [2.05, 4.69) is 4.90 Å². The molecule has 0 atom stereocenters. The Bertz CT molecular complexity index is 973. The van der Waals surface area contributed by atoms with Gasteiger partial charge >= 0.3 is 6.18 Å². The molecule has 0 saturated carbocycles. The van der Waals surface area contributed by atoms with Gasteiger partial charge in [-0.05, 0) is 107 Å². The molecule has 3 rings (SSSR count). The van der Waals surface area contributed by atoms with Crippen molar-refractivity contribution < 1.29 is 32.2 Å². The van der Waals surface area contributed by atoms with Crippen LogP contribution in [0.5, 0.6) is 11.5 Å². The van der Waals surface area contributed by atoms with Crippen molar-refractivity contribution in [2.24, 2.45) is 5.73 Å². The summed E-state index contributed by atoms with van der Waals surface area (Å²) in [5.41, 5.74) is 6.94. The average molecular weight is 551 g/mol. The first-order chi connectivity index (χ1) is 18.7. The standard InChI is InChI=1S/C17H24F3NO.C13H17NO3/c18-17(19,20)10-4-14-22-16-8-6-15(7-9-16)5-3-13-21-11-1-2-12-21;1-17-11-8-6-10(7-9-11)12(15)4-2-3-5-13(14)16/h6-9H,1-5,10-14H2;6-9H,2-5H2,1H3,(H2,14,16). The van der Waals surface area contributed by atoms with Crippen molar-refractivity contribution in [1.29, 1.82) is 0 Å². The van der Waals surface area contributed by atoms with Crippen LogP contribution in [0.2, 0.25) is 0 Å². The van der Waals surface area contributed by atoms with Crippen LogP contribution in [0.25, 0.3) is 0 Å². The molecule has 216 valence electrons. The monoisotopic (exact) mass is 550 g/mol. The fourth-order valence-corrected chi connectivity index (χ4v) is 4.23. The van der Waals surface area contributed by atoms with Gasteiger partial charge in [0, 0.05) is 24.8 Å². The van der Waals surface area contributed by atoms with E-state index < -0.39 is 12.6 Å². The lowest BCUT2D eigenvalue weighted by atomic mass is 10.0. The number of nitrogens with zero attached hydrogens (tertiary/aromatic N) is 1. The molecule has 0 aliphatic carbocycles. The molecule has 0 unspecified atom stereocenters. The number of ether oxygens (including phenoxy) is 2. The van der Waals surface area contributed by atoms with Gasteiger partial charge in [0.15, 0.2) is 5.78 Å². The van der Waals surface area contributed by atoms with Crippen molar-refractivity contribution >= 4 is 11.7 Å². The van der Waals surface area contributed by atoms with Crippen molar-refractivity contribution in [3.8, 4) is 11.5 Å². The molecular weight excluding hydrogens is 509 g/mol. The number of alkyl halides is 3. The number of carbonyl (C=O) groups is 2. The Balaban J connectivity index is 0.000000283. The molecule has 0 aromatic heterocycles. The third kappa shape index (κ3) is 14.6. The van der Waals surface area contributed by atoms with Crippen molar-refractivity contribution in [1.82, 2.24) is 4.90 Å². The number of rotatable bonds is 15. The molecule has 2 aromatic rings. The Labute approximate surface area is 229 Å². The number of methoxy groups -OCH3 is 1. The Kier molecular flexibility index (Phi) is 14.4. The summed E-state index contributed by atoms with van der Waals surface area (Å²) in [5.74, 6) is 1.14. The predicted octanol–water partition coefficient (Wildman–Crippen LogP) is 6.36. The van der Waals surface area contributed by atoms with E-state index in [1.54, 1.807) is 31.4 Å². The molecule has 0 bridgehead atoms. The molecule has 0 radical (unpaired) electrons. The second kappa shape index (κ2) is 17.5. The summed E-state index contributed by atoms with van der Waals surface area (Å²) >= 11 is 0. The lowest BCUT2D eigenvalue weighted by molar-refractivity contribution is -0.136. The third-order valence-corrected chi connectivity index (χ3v) is 6.42. The van der Waals surface area contributed by atoms with E-state index in [-0.39, 0.29) is 24.7 Å². The summed E-state index contributed by atoms with van der Waals surface area (Å²) in [6.45, 7) is 3.71. The van der Waals surface area contributed by atoms with Crippen molar-refractivity contribution in [2.75, 3.05) is 33.4 Å². The number of nitrogens with two attached hydrogens (primary N) is 1. The van der Waals surface area contributed by atoms with E-state index in [4.69, 9.17) is 15.2 Å². The van der Waals surface area contributed by atoms with Crippen LogP contribution in [0.15, 0.2) is 48.5 Å². The van der Waals surface area contributed by atoms with Crippen LogP contribution < -0.4 is 15.2 Å². The van der Waals surface area contributed by atoms with Crippen molar-refractivity contribution in [3.63, 3.8) is 0 Å². The van der Waals surface area contributed by atoms with Gasteiger partial charge in [0.25, 0.3) is 0 Å². The molecule has 2 N–H and O–H groups in total. The Hall–Kier alpha value is -3.07. The second-order valence-electron chi connectivity index (χ2n) is 9.69. The molecule has 2 aromatic carbocycles. The number of Topliss-reactive ketones (excluding diaryl/α,β-unsaturated/α-hetero) is 1. The van der Waals surface area contributed by atoms with Gasteiger partial charge in [0.2, 0.25) is 5.91 Å². The van der Waals surface area contributed by atoms with Crippen LogP contribution in [0.4, 0.5) is 13.2 Å². The van der Waals surface area contributed by atoms with Crippen LogP contribution in [-0.2, 0) is 11.2 Å². The van der Waals surface area contributed by atoms with Crippen LogP contribution >= 0.6 is 0 Å².